The molecule has 3 nitrogen and oxygen atoms in total. The molecular weight excluding hydrogens is 282 g/mol. The molecule has 1 atom stereocenters. The van der Waals surface area contributed by atoms with Gasteiger partial charge in [0.2, 0.25) is 0 Å². The molecule has 1 unspecified atom stereocenters. The van der Waals surface area contributed by atoms with Crippen LogP contribution in [0.3, 0.4) is 0 Å². The molecule has 0 aliphatic heterocycles. The zero-order valence-electron chi connectivity index (χ0n) is 11.2. The van der Waals surface area contributed by atoms with E-state index in [1.807, 2.05) is 0 Å². The molecule has 0 saturated carbocycles. The molecule has 1 amide bonds. The summed E-state index contributed by atoms with van der Waals surface area (Å²) >= 11 is 7.66. The van der Waals surface area contributed by atoms with Crippen LogP contribution >= 0.6 is 22.9 Å². The van der Waals surface area contributed by atoms with Gasteiger partial charge in [-0.2, -0.15) is 0 Å². The lowest BCUT2D eigenvalue weighted by atomic mass is 9.99. The quantitative estimate of drug-likeness (QED) is 0.820. The van der Waals surface area contributed by atoms with Crippen molar-refractivity contribution >= 4 is 28.8 Å². The van der Waals surface area contributed by atoms with E-state index in [2.05, 4.69) is 11.4 Å². The molecule has 1 aromatic rings. The third-order valence-corrected chi connectivity index (χ3v) is 4.89. The minimum Gasteiger partial charge on any atom is -0.383 e. The zero-order chi connectivity index (χ0) is 13.7. The second-order valence-electron chi connectivity index (χ2n) is 4.86. The van der Waals surface area contributed by atoms with Crippen molar-refractivity contribution in [3.63, 3.8) is 0 Å². The van der Waals surface area contributed by atoms with Gasteiger partial charge in [-0.05, 0) is 43.7 Å². The molecule has 0 bridgehead atoms. The van der Waals surface area contributed by atoms with Gasteiger partial charge in [0, 0.05) is 18.5 Å². The average Bonchev–Trinajstić information content (AvgIpc) is 2.82. The number of carbonyl (C=O) groups excluding carboxylic acids is 1. The van der Waals surface area contributed by atoms with Gasteiger partial charge >= 0.3 is 0 Å². The highest BCUT2D eigenvalue weighted by atomic mass is 35.5. The first-order valence-electron chi connectivity index (χ1n) is 6.73. The number of carbonyl (C=O) groups is 1. The summed E-state index contributed by atoms with van der Waals surface area (Å²) in [5.41, 5.74) is 1.37. The van der Waals surface area contributed by atoms with Crippen molar-refractivity contribution in [2.24, 2.45) is 0 Å². The van der Waals surface area contributed by atoms with Crippen molar-refractivity contribution in [1.82, 2.24) is 5.32 Å². The lowest BCUT2D eigenvalue weighted by Gasteiger charge is -2.08. The summed E-state index contributed by atoms with van der Waals surface area (Å²) in [7, 11) is 1.63. The SMILES string of the molecule is COCC(Cl)CCNC(=O)c1cc2c(s1)CCCC2. The largest absolute Gasteiger partial charge is 0.383 e. The fourth-order valence-corrected chi connectivity index (χ4v) is 3.70. The third kappa shape index (κ3) is 4.20. The first kappa shape index (κ1) is 14.8. The second kappa shape index (κ2) is 7.27. The van der Waals surface area contributed by atoms with E-state index in [-0.39, 0.29) is 11.3 Å². The number of nitrogens with one attached hydrogen (secondary N) is 1. The van der Waals surface area contributed by atoms with Crippen molar-refractivity contribution in [2.45, 2.75) is 37.5 Å². The maximum atomic E-state index is 12.0. The van der Waals surface area contributed by atoms with Crippen LogP contribution in [0.5, 0.6) is 0 Å². The second-order valence-corrected chi connectivity index (χ2v) is 6.62. The summed E-state index contributed by atoms with van der Waals surface area (Å²) in [4.78, 5) is 14.3. The predicted octanol–water partition coefficient (Wildman–Crippen LogP) is 3.00. The number of alkyl halides is 1. The van der Waals surface area contributed by atoms with Gasteiger partial charge < -0.3 is 10.1 Å². The van der Waals surface area contributed by atoms with Crippen LogP contribution in [0.25, 0.3) is 0 Å². The number of amides is 1. The minimum atomic E-state index is -0.0400. The number of hydrogen-bond acceptors (Lipinski definition) is 3. The van der Waals surface area contributed by atoms with Gasteiger partial charge in [0.1, 0.15) is 0 Å². The first-order valence-corrected chi connectivity index (χ1v) is 7.98. The van der Waals surface area contributed by atoms with Gasteiger partial charge in [0.15, 0.2) is 0 Å². The molecule has 0 radical (unpaired) electrons. The number of ether oxygens (including phenoxy) is 1. The highest BCUT2D eigenvalue weighted by Crippen LogP contribution is 2.29. The fraction of sp³-hybridized carbons (Fsp3) is 0.643. The Morgan fingerprint density at radius 3 is 3.05 bits per heavy atom. The smallest absolute Gasteiger partial charge is 0.261 e. The highest BCUT2D eigenvalue weighted by molar-refractivity contribution is 7.14. The number of halogens is 1. The molecule has 19 heavy (non-hydrogen) atoms. The fourth-order valence-electron chi connectivity index (χ4n) is 2.30. The van der Waals surface area contributed by atoms with Crippen molar-refractivity contribution in [3.05, 3.63) is 21.4 Å². The zero-order valence-corrected chi connectivity index (χ0v) is 12.8. The van der Waals surface area contributed by atoms with Crippen LogP contribution in [0.1, 0.15) is 39.4 Å². The lowest BCUT2D eigenvalue weighted by Crippen LogP contribution is -2.26. The molecule has 1 aromatic heterocycles. The number of aryl methyl sites for hydroxylation is 2. The van der Waals surface area contributed by atoms with Gasteiger partial charge in [0.25, 0.3) is 5.91 Å². The number of rotatable bonds is 6. The van der Waals surface area contributed by atoms with Crippen LogP contribution < -0.4 is 5.32 Å². The van der Waals surface area contributed by atoms with E-state index >= 15 is 0 Å². The monoisotopic (exact) mass is 301 g/mol. The van der Waals surface area contributed by atoms with Gasteiger partial charge in [-0.25, -0.2) is 0 Å². The van der Waals surface area contributed by atoms with Crippen LogP contribution in [0.2, 0.25) is 0 Å². The molecule has 1 heterocycles. The van der Waals surface area contributed by atoms with Crippen LogP contribution in [-0.2, 0) is 17.6 Å². The number of thiophene rings is 1. The van der Waals surface area contributed by atoms with E-state index in [0.29, 0.717) is 13.2 Å². The predicted molar refractivity (Wildman–Crippen MR) is 79.4 cm³/mol. The van der Waals surface area contributed by atoms with Crippen LogP contribution in [0, 0.1) is 0 Å². The minimum absolute atomic E-state index is 0.0284. The van der Waals surface area contributed by atoms with E-state index in [4.69, 9.17) is 16.3 Å². The number of hydrogen-bond donors (Lipinski definition) is 1. The molecule has 1 aliphatic carbocycles. The normalized spacial score (nSPS) is 15.9. The van der Waals surface area contributed by atoms with Crippen molar-refractivity contribution in [1.29, 1.82) is 0 Å². The first-order chi connectivity index (χ1) is 9.20. The molecule has 0 spiro atoms. The molecule has 1 aliphatic rings. The Bertz CT molecular complexity index is 410. The van der Waals surface area contributed by atoms with Gasteiger partial charge in [-0.3, -0.25) is 4.79 Å². The van der Waals surface area contributed by atoms with E-state index < -0.39 is 0 Å². The third-order valence-electron chi connectivity index (χ3n) is 3.31. The Hall–Kier alpha value is -0.580. The van der Waals surface area contributed by atoms with Gasteiger partial charge in [-0.1, -0.05) is 0 Å². The molecule has 1 N–H and O–H groups in total. The van der Waals surface area contributed by atoms with E-state index in [0.717, 1.165) is 24.1 Å². The van der Waals surface area contributed by atoms with Crippen LogP contribution in [0.4, 0.5) is 0 Å². The average molecular weight is 302 g/mol. The lowest BCUT2D eigenvalue weighted by molar-refractivity contribution is 0.0955. The molecule has 106 valence electrons. The maximum Gasteiger partial charge on any atom is 0.261 e. The Balaban J connectivity index is 1.81. The Kier molecular flexibility index (Phi) is 5.67. The standard InChI is InChI=1S/C14H20ClNO2S/c1-18-9-11(15)6-7-16-14(17)13-8-10-4-2-3-5-12(10)19-13/h8,11H,2-7,9H2,1H3,(H,16,17). The van der Waals surface area contributed by atoms with Crippen LogP contribution in [-0.4, -0.2) is 31.5 Å². The molecular formula is C14H20ClNO2S. The van der Waals surface area contributed by atoms with Crippen LogP contribution in [0.15, 0.2) is 6.07 Å². The summed E-state index contributed by atoms with van der Waals surface area (Å²) in [6.07, 6.45) is 5.48. The molecule has 0 aromatic carbocycles. The highest BCUT2D eigenvalue weighted by Gasteiger charge is 2.17. The molecule has 5 heteroatoms. The summed E-state index contributed by atoms with van der Waals surface area (Å²) in [5.74, 6) is 0.0284. The summed E-state index contributed by atoms with van der Waals surface area (Å²) in [6, 6.07) is 2.06. The molecule has 0 saturated heterocycles. The van der Waals surface area contributed by atoms with Gasteiger partial charge in [-0.15, -0.1) is 22.9 Å². The Morgan fingerprint density at radius 2 is 2.32 bits per heavy atom. The van der Waals surface area contributed by atoms with E-state index in [1.165, 1.54) is 23.3 Å². The number of fused-ring (bicyclic) bond motifs is 1. The molecule has 2 rings (SSSR count). The van der Waals surface area contributed by atoms with E-state index in [1.54, 1.807) is 18.4 Å². The summed E-state index contributed by atoms with van der Waals surface area (Å²) in [6.45, 7) is 1.11. The van der Waals surface area contributed by atoms with Gasteiger partial charge in [0.05, 0.1) is 16.9 Å². The van der Waals surface area contributed by atoms with E-state index in [9.17, 15) is 4.79 Å². The summed E-state index contributed by atoms with van der Waals surface area (Å²) < 4.78 is 4.96. The van der Waals surface area contributed by atoms with Crippen molar-refractivity contribution in [2.75, 3.05) is 20.3 Å². The number of methoxy groups -OCH3 is 1. The Morgan fingerprint density at radius 1 is 1.53 bits per heavy atom. The summed E-state index contributed by atoms with van der Waals surface area (Å²) in [5, 5.41) is 2.89. The Labute approximate surface area is 123 Å². The molecule has 0 fully saturated rings. The van der Waals surface area contributed by atoms with Crippen molar-refractivity contribution < 1.29 is 9.53 Å². The topological polar surface area (TPSA) is 38.3 Å². The maximum absolute atomic E-state index is 12.0. The van der Waals surface area contributed by atoms with Crippen molar-refractivity contribution in [3.8, 4) is 0 Å².